The van der Waals surface area contributed by atoms with Gasteiger partial charge in [0.25, 0.3) is 0 Å². The van der Waals surface area contributed by atoms with Crippen molar-refractivity contribution in [3.63, 3.8) is 0 Å². The Morgan fingerprint density at radius 3 is 2.50 bits per heavy atom. The summed E-state index contributed by atoms with van der Waals surface area (Å²) in [4.78, 5) is -0.802. The Labute approximate surface area is 143 Å². The molecule has 2 aromatic heterocycles. The molecule has 0 fully saturated rings. The van der Waals surface area contributed by atoms with Crippen LogP contribution in [0.2, 0.25) is 0 Å². The fourth-order valence-corrected chi connectivity index (χ4v) is 3.27. The van der Waals surface area contributed by atoms with Crippen molar-refractivity contribution in [1.82, 2.24) is 19.3 Å². The second-order valence-corrected chi connectivity index (χ2v) is 6.86. The molecule has 1 N–H and O–H groups in total. The summed E-state index contributed by atoms with van der Waals surface area (Å²) in [7, 11) is -4.39. The van der Waals surface area contributed by atoms with Crippen molar-refractivity contribution in [2.24, 2.45) is 0 Å². The Morgan fingerprint density at radius 1 is 1.12 bits per heavy atom. The summed E-state index contributed by atoms with van der Waals surface area (Å²) in [6.45, 7) is -0.554. The van der Waals surface area contributed by atoms with Gasteiger partial charge in [-0.25, -0.2) is 21.9 Å². The highest BCUT2D eigenvalue weighted by atomic mass is 32.2. The lowest BCUT2D eigenvalue weighted by Crippen LogP contribution is -2.25. The van der Waals surface area contributed by atoms with E-state index in [1.54, 1.807) is 0 Å². The number of rotatable bonds is 4. The van der Waals surface area contributed by atoms with Crippen LogP contribution >= 0.6 is 0 Å². The highest BCUT2D eigenvalue weighted by Crippen LogP contribution is 2.31. The average molecular weight is 392 g/mol. The second-order valence-electron chi connectivity index (χ2n) is 5.13. The molecule has 2 heterocycles. The molecule has 0 atom stereocenters. The molecular weight excluding hydrogens is 383 g/mol. The standard InChI is InChI=1S/C14H9F5N4O2S/c15-8-3-4-11(10(16)6-8)26(24,25)20-7-12-21-22-13-9(14(17,18)19)2-1-5-23(12)13/h1-6,20H,7H2. The van der Waals surface area contributed by atoms with Crippen LogP contribution in [0, 0.1) is 11.6 Å². The van der Waals surface area contributed by atoms with Crippen molar-refractivity contribution in [3.05, 3.63) is 59.6 Å². The number of hydrogen-bond donors (Lipinski definition) is 1. The molecule has 138 valence electrons. The molecular formula is C14H9F5N4O2S. The van der Waals surface area contributed by atoms with Crippen LogP contribution in [0.4, 0.5) is 22.0 Å². The minimum Gasteiger partial charge on any atom is -0.285 e. The van der Waals surface area contributed by atoms with Crippen molar-refractivity contribution in [2.45, 2.75) is 17.6 Å². The quantitative estimate of drug-likeness (QED) is 0.693. The zero-order chi connectivity index (χ0) is 19.1. The van der Waals surface area contributed by atoms with Gasteiger partial charge in [0.2, 0.25) is 10.0 Å². The highest BCUT2D eigenvalue weighted by Gasteiger charge is 2.34. The van der Waals surface area contributed by atoms with Gasteiger partial charge in [0.15, 0.2) is 11.5 Å². The smallest absolute Gasteiger partial charge is 0.285 e. The molecule has 26 heavy (non-hydrogen) atoms. The van der Waals surface area contributed by atoms with Crippen molar-refractivity contribution in [3.8, 4) is 0 Å². The van der Waals surface area contributed by atoms with E-state index in [1.807, 2.05) is 4.72 Å². The lowest BCUT2D eigenvalue weighted by atomic mass is 10.2. The number of aromatic nitrogens is 3. The first-order valence-electron chi connectivity index (χ1n) is 6.94. The number of pyridine rings is 1. The van der Waals surface area contributed by atoms with E-state index in [9.17, 15) is 30.4 Å². The van der Waals surface area contributed by atoms with Crippen molar-refractivity contribution >= 4 is 15.7 Å². The molecule has 0 amide bonds. The molecule has 0 saturated carbocycles. The van der Waals surface area contributed by atoms with Gasteiger partial charge in [0, 0.05) is 12.3 Å². The van der Waals surface area contributed by atoms with E-state index in [4.69, 9.17) is 0 Å². The van der Waals surface area contributed by atoms with Gasteiger partial charge < -0.3 is 0 Å². The molecule has 0 bridgehead atoms. The Kier molecular flexibility index (Phi) is 4.40. The van der Waals surface area contributed by atoms with E-state index in [0.29, 0.717) is 6.07 Å². The van der Waals surface area contributed by atoms with Crippen LogP contribution in [0.15, 0.2) is 41.4 Å². The zero-order valence-electron chi connectivity index (χ0n) is 12.6. The van der Waals surface area contributed by atoms with Crippen molar-refractivity contribution in [1.29, 1.82) is 0 Å². The maximum Gasteiger partial charge on any atom is 0.420 e. The minimum atomic E-state index is -4.66. The van der Waals surface area contributed by atoms with Crippen LogP contribution in [-0.4, -0.2) is 23.0 Å². The van der Waals surface area contributed by atoms with E-state index in [1.165, 1.54) is 6.20 Å². The lowest BCUT2D eigenvalue weighted by Gasteiger charge is -2.09. The molecule has 0 saturated heterocycles. The maximum atomic E-state index is 13.6. The number of benzene rings is 1. The third-order valence-electron chi connectivity index (χ3n) is 3.41. The predicted octanol–water partition coefficient (Wildman–Crippen LogP) is 2.50. The number of alkyl halides is 3. The van der Waals surface area contributed by atoms with Crippen LogP contribution < -0.4 is 4.72 Å². The van der Waals surface area contributed by atoms with Gasteiger partial charge in [0.1, 0.15) is 22.1 Å². The Morgan fingerprint density at radius 2 is 1.85 bits per heavy atom. The summed E-state index contributed by atoms with van der Waals surface area (Å²) >= 11 is 0. The number of halogens is 5. The molecule has 12 heteroatoms. The zero-order valence-corrected chi connectivity index (χ0v) is 13.4. The van der Waals surface area contributed by atoms with Gasteiger partial charge in [-0.3, -0.25) is 4.40 Å². The van der Waals surface area contributed by atoms with Crippen LogP contribution in [0.5, 0.6) is 0 Å². The summed E-state index contributed by atoms with van der Waals surface area (Å²) in [5, 5.41) is 6.96. The number of sulfonamides is 1. The molecule has 0 spiro atoms. The average Bonchev–Trinajstić information content (AvgIpc) is 2.94. The first-order valence-corrected chi connectivity index (χ1v) is 8.42. The van der Waals surface area contributed by atoms with E-state index in [-0.39, 0.29) is 5.82 Å². The first kappa shape index (κ1) is 18.2. The van der Waals surface area contributed by atoms with Crippen molar-refractivity contribution < 1.29 is 30.4 Å². The summed E-state index contributed by atoms with van der Waals surface area (Å²) in [6, 6.07) is 3.82. The molecule has 3 rings (SSSR count). The number of nitrogens with zero attached hydrogens (tertiary/aromatic N) is 3. The molecule has 0 aliphatic rings. The maximum absolute atomic E-state index is 13.6. The largest absolute Gasteiger partial charge is 0.420 e. The van der Waals surface area contributed by atoms with E-state index < -0.39 is 50.5 Å². The molecule has 0 aliphatic heterocycles. The van der Waals surface area contributed by atoms with Crippen LogP contribution in [-0.2, 0) is 22.7 Å². The Bertz CT molecular complexity index is 1080. The van der Waals surface area contributed by atoms with E-state index in [0.717, 1.165) is 28.7 Å². The normalized spacial score (nSPS) is 12.7. The third kappa shape index (κ3) is 3.37. The topological polar surface area (TPSA) is 76.4 Å². The second kappa shape index (κ2) is 6.29. The minimum absolute atomic E-state index is 0.141. The highest BCUT2D eigenvalue weighted by molar-refractivity contribution is 7.89. The third-order valence-corrected chi connectivity index (χ3v) is 4.85. The van der Waals surface area contributed by atoms with E-state index in [2.05, 4.69) is 10.2 Å². The fraction of sp³-hybridized carbons (Fsp3) is 0.143. The number of nitrogens with one attached hydrogen (secondary N) is 1. The molecule has 3 aromatic rings. The number of hydrogen-bond acceptors (Lipinski definition) is 4. The SMILES string of the molecule is O=S(=O)(NCc1nnc2c(C(F)(F)F)cccn12)c1ccc(F)cc1F. The molecule has 6 nitrogen and oxygen atoms in total. The van der Waals surface area contributed by atoms with Gasteiger partial charge in [-0.1, -0.05) is 0 Å². The molecule has 0 unspecified atom stereocenters. The fourth-order valence-electron chi connectivity index (χ4n) is 2.24. The van der Waals surface area contributed by atoms with Gasteiger partial charge in [-0.15, -0.1) is 10.2 Å². The van der Waals surface area contributed by atoms with Crippen LogP contribution in [0.1, 0.15) is 11.4 Å². The van der Waals surface area contributed by atoms with E-state index >= 15 is 0 Å². The monoisotopic (exact) mass is 392 g/mol. The summed E-state index contributed by atoms with van der Waals surface area (Å²) in [6.07, 6.45) is -3.43. The molecule has 1 aromatic carbocycles. The van der Waals surface area contributed by atoms with Gasteiger partial charge in [-0.2, -0.15) is 13.2 Å². The van der Waals surface area contributed by atoms with Crippen LogP contribution in [0.25, 0.3) is 5.65 Å². The molecule has 0 radical (unpaired) electrons. The summed E-state index contributed by atoms with van der Waals surface area (Å²) in [5.41, 5.74) is -1.53. The van der Waals surface area contributed by atoms with Gasteiger partial charge in [0.05, 0.1) is 6.54 Å². The number of fused-ring (bicyclic) bond motifs is 1. The van der Waals surface area contributed by atoms with Gasteiger partial charge in [-0.05, 0) is 24.3 Å². The Balaban J connectivity index is 1.91. The first-order chi connectivity index (χ1) is 12.1. The van der Waals surface area contributed by atoms with Crippen LogP contribution in [0.3, 0.4) is 0 Å². The summed E-state index contributed by atoms with van der Waals surface area (Å²) < 4.78 is 92.5. The van der Waals surface area contributed by atoms with Gasteiger partial charge >= 0.3 is 6.18 Å². The van der Waals surface area contributed by atoms with Crippen molar-refractivity contribution in [2.75, 3.05) is 0 Å². The lowest BCUT2D eigenvalue weighted by molar-refractivity contribution is -0.136. The predicted molar refractivity (Wildman–Crippen MR) is 78.4 cm³/mol. The molecule has 0 aliphatic carbocycles. The summed E-state index contributed by atoms with van der Waals surface area (Å²) in [5.74, 6) is -2.40. The Hall–Kier alpha value is -2.60.